The van der Waals surface area contributed by atoms with E-state index in [4.69, 9.17) is 11.2 Å². The Hall–Kier alpha value is -3.52. The molecule has 0 radical (unpaired) electrons. The van der Waals surface area contributed by atoms with Crippen LogP contribution in [0.3, 0.4) is 0 Å². The van der Waals surface area contributed by atoms with Gasteiger partial charge in [-0.1, -0.05) is 25.0 Å². The number of pyridine rings is 2. The van der Waals surface area contributed by atoms with Gasteiger partial charge in [-0.3, -0.25) is 4.98 Å². The lowest BCUT2D eigenvalue weighted by atomic mass is 10.0. The van der Waals surface area contributed by atoms with E-state index < -0.39 is 0 Å². The summed E-state index contributed by atoms with van der Waals surface area (Å²) >= 11 is 0. The van der Waals surface area contributed by atoms with Crippen molar-refractivity contribution in [3.05, 3.63) is 72.2 Å². The summed E-state index contributed by atoms with van der Waals surface area (Å²) in [6, 6.07) is 15.1. The minimum atomic E-state index is 0.340. The summed E-state index contributed by atoms with van der Waals surface area (Å²) in [5.41, 5.74) is 4.31. The summed E-state index contributed by atoms with van der Waals surface area (Å²) in [5.74, 6) is 4.45. The second kappa shape index (κ2) is 9.53. The van der Waals surface area contributed by atoms with E-state index >= 15 is 0 Å². The Morgan fingerprint density at radius 3 is 2.48 bits per heavy atom. The molecule has 0 N–H and O–H groups in total. The molecule has 158 valence electrons. The maximum absolute atomic E-state index is 5.68. The van der Waals surface area contributed by atoms with Crippen LogP contribution in [0.2, 0.25) is 0 Å². The number of hydrogen-bond donors (Lipinski definition) is 0. The third kappa shape index (κ3) is 4.49. The quantitative estimate of drug-likeness (QED) is 0.542. The minimum Gasteiger partial charge on any atom is -0.494 e. The molecule has 5 nitrogen and oxygen atoms in total. The second-order valence-electron chi connectivity index (χ2n) is 7.71. The van der Waals surface area contributed by atoms with Gasteiger partial charge in [0.2, 0.25) is 0 Å². The largest absolute Gasteiger partial charge is 0.494 e. The Labute approximate surface area is 184 Å². The van der Waals surface area contributed by atoms with Gasteiger partial charge in [0, 0.05) is 48.8 Å². The van der Waals surface area contributed by atoms with Gasteiger partial charge in [-0.15, -0.1) is 6.42 Å². The molecule has 3 heterocycles. The number of benzene rings is 1. The Morgan fingerprint density at radius 2 is 1.87 bits per heavy atom. The van der Waals surface area contributed by atoms with Gasteiger partial charge in [-0.25, -0.2) is 4.98 Å². The van der Waals surface area contributed by atoms with E-state index in [1.807, 2.05) is 24.4 Å². The Kier molecular flexibility index (Phi) is 6.37. The number of ether oxygens (including phenoxy) is 1. The summed E-state index contributed by atoms with van der Waals surface area (Å²) in [4.78, 5) is 13.6. The lowest BCUT2D eigenvalue weighted by Gasteiger charge is -2.40. The summed E-state index contributed by atoms with van der Waals surface area (Å²) in [7, 11) is 1.71. The average Bonchev–Trinajstić information content (AvgIpc) is 2.85. The number of piperidine rings is 1. The van der Waals surface area contributed by atoms with E-state index in [-0.39, 0.29) is 0 Å². The van der Waals surface area contributed by atoms with Crippen molar-refractivity contribution in [1.82, 2.24) is 9.97 Å². The Balaban J connectivity index is 1.59. The molecule has 0 unspecified atom stereocenters. The molecule has 1 aliphatic heterocycles. The number of anilines is 3. The first-order chi connectivity index (χ1) is 15.2. The van der Waals surface area contributed by atoms with E-state index in [1.165, 1.54) is 11.3 Å². The first kappa shape index (κ1) is 20.7. The molecule has 1 aliphatic rings. The number of nitrogens with zero attached hydrogens (tertiary/aromatic N) is 4. The van der Waals surface area contributed by atoms with E-state index in [0.717, 1.165) is 55.2 Å². The fraction of sp³-hybridized carbons (Fsp3) is 0.308. The van der Waals surface area contributed by atoms with Crippen LogP contribution in [0.1, 0.15) is 30.9 Å². The van der Waals surface area contributed by atoms with Crippen LogP contribution in [0.15, 0.2) is 61.1 Å². The van der Waals surface area contributed by atoms with Gasteiger partial charge < -0.3 is 14.5 Å². The van der Waals surface area contributed by atoms with Gasteiger partial charge in [-0.2, -0.15) is 0 Å². The van der Waals surface area contributed by atoms with Gasteiger partial charge >= 0.3 is 0 Å². The van der Waals surface area contributed by atoms with Gasteiger partial charge in [0.25, 0.3) is 0 Å². The van der Waals surface area contributed by atoms with Crippen molar-refractivity contribution in [2.45, 2.75) is 32.2 Å². The van der Waals surface area contributed by atoms with E-state index in [0.29, 0.717) is 6.04 Å². The van der Waals surface area contributed by atoms with E-state index in [1.54, 1.807) is 19.5 Å². The molecule has 4 rings (SSSR count). The second-order valence-corrected chi connectivity index (χ2v) is 7.71. The lowest BCUT2D eigenvalue weighted by Crippen LogP contribution is -2.43. The highest BCUT2D eigenvalue weighted by atomic mass is 16.5. The highest BCUT2D eigenvalue weighted by molar-refractivity contribution is 5.69. The Bertz CT molecular complexity index is 1030. The zero-order valence-electron chi connectivity index (χ0n) is 18.2. The highest BCUT2D eigenvalue weighted by Gasteiger charge is 2.28. The van der Waals surface area contributed by atoms with Crippen LogP contribution in [0.4, 0.5) is 17.2 Å². The summed E-state index contributed by atoms with van der Waals surface area (Å²) in [6.07, 6.45) is 13.9. The monoisotopic (exact) mass is 412 g/mol. The fourth-order valence-corrected chi connectivity index (χ4v) is 4.18. The van der Waals surface area contributed by atoms with Crippen LogP contribution in [0, 0.1) is 12.3 Å². The molecular weight excluding hydrogens is 384 g/mol. The van der Waals surface area contributed by atoms with Crippen molar-refractivity contribution in [3.63, 3.8) is 0 Å². The smallest absolute Gasteiger partial charge is 0.145 e. The van der Waals surface area contributed by atoms with Crippen LogP contribution in [0.25, 0.3) is 0 Å². The maximum atomic E-state index is 5.68. The van der Waals surface area contributed by atoms with Crippen LogP contribution in [-0.4, -0.2) is 36.2 Å². The average molecular weight is 413 g/mol. The van der Waals surface area contributed by atoms with Crippen molar-refractivity contribution >= 4 is 17.2 Å². The molecule has 1 fully saturated rings. The van der Waals surface area contributed by atoms with Gasteiger partial charge in [0.05, 0.1) is 13.3 Å². The van der Waals surface area contributed by atoms with Crippen molar-refractivity contribution in [2.24, 2.45) is 0 Å². The zero-order valence-corrected chi connectivity index (χ0v) is 18.2. The van der Waals surface area contributed by atoms with Crippen LogP contribution in [-0.2, 0) is 6.42 Å². The molecule has 0 aliphatic carbocycles. The molecule has 0 saturated carbocycles. The first-order valence-corrected chi connectivity index (χ1v) is 10.8. The summed E-state index contributed by atoms with van der Waals surface area (Å²) in [5, 5.41) is 0. The molecule has 1 saturated heterocycles. The van der Waals surface area contributed by atoms with Crippen LogP contribution >= 0.6 is 0 Å². The van der Waals surface area contributed by atoms with Crippen molar-refractivity contribution in [3.8, 4) is 18.1 Å². The van der Waals surface area contributed by atoms with E-state index in [2.05, 4.69) is 56.9 Å². The number of hydrogen-bond acceptors (Lipinski definition) is 5. The van der Waals surface area contributed by atoms with Crippen molar-refractivity contribution in [1.29, 1.82) is 0 Å². The highest BCUT2D eigenvalue weighted by Crippen LogP contribution is 2.37. The van der Waals surface area contributed by atoms with Crippen molar-refractivity contribution < 1.29 is 4.74 Å². The van der Waals surface area contributed by atoms with Crippen molar-refractivity contribution in [2.75, 3.05) is 30.0 Å². The number of rotatable bonds is 6. The predicted molar refractivity (Wildman–Crippen MR) is 126 cm³/mol. The van der Waals surface area contributed by atoms with Gasteiger partial charge in [0.1, 0.15) is 17.3 Å². The molecule has 0 amide bonds. The van der Waals surface area contributed by atoms with Gasteiger partial charge in [-0.05, 0) is 49.1 Å². The SMILES string of the molecule is C#Cc1ccc(N2CCC(N(c3ccc(CC)cc3)c3cnccc3OC)CC2)nc1. The molecule has 5 heteroatoms. The standard InChI is InChI=1S/C26H28N4O/c1-4-20-6-9-22(10-7-20)30(24-19-27-15-12-25(24)31-3)23-13-16-29(17-14-23)26-11-8-21(5-2)18-28-26/h2,6-12,15,18-19,23H,4,13-14,16-17H2,1,3H3. The number of methoxy groups -OCH3 is 1. The number of terminal acetylenes is 1. The molecule has 2 aromatic heterocycles. The fourth-order valence-electron chi connectivity index (χ4n) is 4.18. The van der Waals surface area contributed by atoms with Gasteiger partial charge in [0.15, 0.2) is 0 Å². The third-order valence-electron chi connectivity index (χ3n) is 5.93. The molecule has 0 atom stereocenters. The molecule has 0 spiro atoms. The van der Waals surface area contributed by atoms with Crippen LogP contribution < -0.4 is 14.5 Å². The topological polar surface area (TPSA) is 41.5 Å². The minimum absolute atomic E-state index is 0.340. The maximum Gasteiger partial charge on any atom is 0.145 e. The van der Waals surface area contributed by atoms with E-state index in [9.17, 15) is 0 Å². The Morgan fingerprint density at radius 1 is 1.10 bits per heavy atom. The first-order valence-electron chi connectivity index (χ1n) is 10.8. The third-order valence-corrected chi connectivity index (χ3v) is 5.93. The zero-order chi connectivity index (χ0) is 21.6. The van der Waals surface area contributed by atoms with Crippen LogP contribution in [0.5, 0.6) is 5.75 Å². The molecule has 1 aromatic carbocycles. The molecule has 31 heavy (non-hydrogen) atoms. The lowest BCUT2D eigenvalue weighted by molar-refractivity contribution is 0.410. The molecule has 0 bridgehead atoms. The summed E-state index contributed by atoms with van der Waals surface area (Å²) < 4.78 is 5.68. The summed E-state index contributed by atoms with van der Waals surface area (Å²) in [6.45, 7) is 4.04. The molecular formula is C26H28N4O. The number of aryl methyl sites for hydroxylation is 1. The molecule has 3 aromatic rings. The number of aromatic nitrogens is 2. The predicted octanol–water partition coefficient (Wildman–Crippen LogP) is 4.84. The normalized spacial score (nSPS) is 14.2.